The second-order valence-electron chi connectivity index (χ2n) is 7.83. The van der Waals surface area contributed by atoms with Crippen LogP contribution in [0.2, 0.25) is 0 Å². The zero-order valence-electron chi connectivity index (χ0n) is 19.5. The van der Waals surface area contributed by atoms with Crippen LogP contribution >= 0.6 is 0 Å². The number of primary amides is 1. The number of phenols is 1. The predicted molar refractivity (Wildman–Crippen MR) is 128 cm³/mol. The third kappa shape index (κ3) is 11.6. The average Bonchev–Trinajstić information content (AvgIpc) is 2.80. The number of rotatable bonds is 15. The second-order valence-corrected chi connectivity index (χ2v) is 7.83. The van der Waals surface area contributed by atoms with E-state index in [0.29, 0.717) is 12.0 Å². The number of hydrogen-bond donors (Lipinski definition) is 9. The van der Waals surface area contributed by atoms with Crippen molar-refractivity contribution in [2.75, 3.05) is 13.1 Å². The minimum Gasteiger partial charge on any atom is -0.508 e. The molecule has 0 bridgehead atoms. The van der Waals surface area contributed by atoms with Crippen molar-refractivity contribution in [3.8, 4) is 5.75 Å². The molecule has 3 atom stereocenters. The number of amides is 4. The fourth-order valence-electron chi connectivity index (χ4n) is 2.94. The number of nitrogens with zero attached hydrogens (tertiary/aromatic N) is 1. The van der Waals surface area contributed by atoms with Gasteiger partial charge in [0.15, 0.2) is 5.96 Å². The first-order chi connectivity index (χ1) is 16.9. The van der Waals surface area contributed by atoms with Crippen LogP contribution in [0.25, 0.3) is 0 Å². The third-order valence-corrected chi connectivity index (χ3v) is 4.78. The third-order valence-electron chi connectivity index (χ3n) is 4.78. The van der Waals surface area contributed by atoms with Crippen molar-refractivity contribution in [2.45, 2.75) is 43.8 Å². The molecule has 1 rings (SSSR count). The number of guanidine groups is 1. The lowest BCUT2D eigenvalue weighted by Crippen LogP contribution is -2.55. The molecule has 0 aliphatic carbocycles. The topological polar surface area (TPSA) is 278 Å². The highest BCUT2D eigenvalue weighted by atomic mass is 16.4. The number of benzene rings is 1. The summed E-state index contributed by atoms with van der Waals surface area (Å²) >= 11 is 0. The highest BCUT2D eigenvalue weighted by molar-refractivity contribution is 5.95. The van der Waals surface area contributed by atoms with Gasteiger partial charge in [0.2, 0.25) is 23.6 Å². The molecular weight excluding hydrogens is 476 g/mol. The van der Waals surface area contributed by atoms with E-state index in [1.54, 1.807) is 0 Å². The molecule has 15 nitrogen and oxygen atoms in total. The van der Waals surface area contributed by atoms with Gasteiger partial charge in [-0.1, -0.05) is 12.1 Å². The maximum Gasteiger partial charge on any atom is 0.326 e. The molecule has 0 spiro atoms. The minimum absolute atomic E-state index is 0.0158. The van der Waals surface area contributed by atoms with Crippen LogP contribution in [-0.4, -0.2) is 77.0 Å². The normalized spacial score (nSPS) is 12.9. The standard InChI is InChI=1S/C21H32N8O7/c22-13(2-1-7-26-21(24)25)18(33)27-10-17(32)28-14(9-16(23)31)19(34)29-15(20(35)36)8-11-3-5-12(30)6-4-11/h3-6,13-15,30H,1-2,7-10,22H2,(H2,23,31)(H,27,33)(H,28,32)(H,29,34)(H,35,36)(H4,24,25,26). The number of hydrogen-bond acceptors (Lipinski definition) is 8. The van der Waals surface area contributed by atoms with Gasteiger partial charge in [-0.15, -0.1) is 0 Å². The van der Waals surface area contributed by atoms with Crippen LogP contribution in [-0.2, 0) is 30.4 Å². The Hall–Kier alpha value is -4.40. The minimum atomic E-state index is -1.48. The monoisotopic (exact) mass is 508 g/mol. The van der Waals surface area contributed by atoms with E-state index in [9.17, 15) is 34.2 Å². The van der Waals surface area contributed by atoms with Gasteiger partial charge in [-0.05, 0) is 30.5 Å². The Morgan fingerprint density at radius 2 is 1.58 bits per heavy atom. The predicted octanol–water partition coefficient (Wildman–Crippen LogP) is -3.64. The van der Waals surface area contributed by atoms with Crippen molar-refractivity contribution in [1.29, 1.82) is 0 Å². The summed E-state index contributed by atoms with van der Waals surface area (Å²) in [4.78, 5) is 63.7. The molecule has 0 heterocycles. The quantitative estimate of drug-likeness (QED) is 0.0636. The number of carboxylic acids is 1. The van der Waals surface area contributed by atoms with Gasteiger partial charge in [0, 0.05) is 13.0 Å². The zero-order valence-corrected chi connectivity index (χ0v) is 19.5. The Bertz CT molecular complexity index is 964. The maximum absolute atomic E-state index is 12.6. The van der Waals surface area contributed by atoms with Gasteiger partial charge in [0.05, 0.1) is 19.0 Å². The molecule has 36 heavy (non-hydrogen) atoms. The molecule has 0 saturated carbocycles. The van der Waals surface area contributed by atoms with Crippen LogP contribution in [0.15, 0.2) is 29.3 Å². The van der Waals surface area contributed by atoms with Gasteiger partial charge in [-0.3, -0.25) is 24.2 Å². The van der Waals surface area contributed by atoms with E-state index in [-0.39, 0.29) is 31.1 Å². The van der Waals surface area contributed by atoms with Gasteiger partial charge in [-0.25, -0.2) is 4.79 Å². The van der Waals surface area contributed by atoms with Crippen molar-refractivity contribution in [3.05, 3.63) is 29.8 Å². The van der Waals surface area contributed by atoms with E-state index in [4.69, 9.17) is 22.9 Å². The summed E-state index contributed by atoms with van der Waals surface area (Å²) in [6.45, 7) is -0.281. The lowest BCUT2D eigenvalue weighted by molar-refractivity contribution is -0.142. The summed E-state index contributed by atoms with van der Waals surface area (Å²) in [5.74, 6) is -4.81. The van der Waals surface area contributed by atoms with Gasteiger partial charge in [0.1, 0.15) is 17.8 Å². The van der Waals surface area contributed by atoms with Gasteiger partial charge in [-0.2, -0.15) is 0 Å². The lowest BCUT2D eigenvalue weighted by Gasteiger charge is -2.21. The summed E-state index contributed by atoms with van der Waals surface area (Å²) in [6.07, 6.45) is -0.0694. The number of aliphatic carboxylic acids is 1. The molecule has 13 N–H and O–H groups in total. The van der Waals surface area contributed by atoms with Crippen molar-refractivity contribution >= 4 is 35.6 Å². The highest BCUT2D eigenvalue weighted by Gasteiger charge is 2.28. The number of phenolic OH excluding ortho intramolecular Hbond substituents is 1. The Morgan fingerprint density at radius 3 is 2.14 bits per heavy atom. The Balaban J connectivity index is 2.68. The Kier molecular flexibility index (Phi) is 12.2. The largest absolute Gasteiger partial charge is 0.508 e. The van der Waals surface area contributed by atoms with Gasteiger partial charge >= 0.3 is 5.97 Å². The molecular formula is C21H32N8O7. The van der Waals surface area contributed by atoms with Gasteiger partial charge in [0.25, 0.3) is 0 Å². The number of nitrogens with two attached hydrogens (primary N) is 4. The van der Waals surface area contributed by atoms with Crippen molar-refractivity contribution in [3.63, 3.8) is 0 Å². The first kappa shape index (κ1) is 29.6. The Morgan fingerprint density at radius 1 is 0.944 bits per heavy atom. The van der Waals surface area contributed by atoms with Crippen LogP contribution in [0, 0.1) is 0 Å². The summed E-state index contributed by atoms with van der Waals surface area (Å²) in [7, 11) is 0. The number of aromatic hydroxyl groups is 1. The fourth-order valence-corrected chi connectivity index (χ4v) is 2.94. The summed E-state index contributed by atoms with van der Waals surface area (Å²) < 4.78 is 0. The fraction of sp³-hybridized carbons (Fsp3) is 0.429. The second kappa shape index (κ2) is 14.8. The molecule has 1 aromatic carbocycles. The molecule has 0 aliphatic rings. The highest BCUT2D eigenvalue weighted by Crippen LogP contribution is 2.11. The van der Waals surface area contributed by atoms with Crippen molar-refractivity contribution < 1.29 is 34.2 Å². The molecule has 4 amide bonds. The van der Waals surface area contributed by atoms with E-state index in [1.165, 1.54) is 24.3 Å². The summed E-state index contributed by atoms with van der Waals surface area (Å²) in [5.41, 5.74) is 21.8. The zero-order chi connectivity index (χ0) is 27.3. The van der Waals surface area contributed by atoms with E-state index in [2.05, 4.69) is 20.9 Å². The molecule has 0 aliphatic heterocycles. The SMILES string of the molecule is NC(=O)CC(NC(=O)CNC(=O)C(N)CCCN=C(N)N)C(=O)NC(Cc1ccc(O)cc1)C(=O)O. The van der Waals surface area contributed by atoms with Crippen LogP contribution in [0.4, 0.5) is 0 Å². The molecule has 0 saturated heterocycles. The van der Waals surface area contributed by atoms with Crippen molar-refractivity contribution in [2.24, 2.45) is 27.9 Å². The molecule has 198 valence electrons. The lowest BCUT2D eigenvalue weighted by atomic mass is 10.0. The van der Waals surface area contributed by atoms with Gasteiger partial charge < -0.3 is 49.1 Å². The van der Waals surface area contributed by atoms with E-state index in [0.717, 1.165) is 0 Å². The van der Waals surface area contributed by atoms with Crippen molar-refractivity contribution in [1.82, 2.24) is 16.0 Å². The number of carbonyl (C=O) groups excluding carboxylic acids is 4. The summed E-state index contributed by atoms with van der Waals surface area (Å²) in [6, 6.07) is 1.86. The molecule has 3 unspecified atom stereocenters. The maximum atomic E-state index is 12.6. The first-order valence-corrected chi connectivity index (χ1v) is 10.9. The smallest absolute Gasteiger partial charge is 0.326 e. The number of aliphatic imine (C=N–C) groups is 1. The molecule has 0 radical (unpaired) electrons. The molecule has 0 fully saturated rings. The molecule has 15 heteroatoms. The first-order valence-electron chi connectivity index (χ1n) is 10.9. The van der Waals surface area contributed by atoms with E-state index >= 15 is 0 Å². The number of nitrogens with one attached hydrogen (secondary N) is 3. The average molecular weight is 509 g/mol. The Labute approximate surface area is 206 Å². The van der Waals surface area contributed by atoms with Crippen LogP contribution < -0.4 is 38.9 Å². The van der Waals surface area contributed by atoms with Crippen LogP contribution in [0.5, 0.6) is 5.75 Å². The number of carbonyl (C=O) groups is 5. The van der Waals surface area contributed by atoms with Crippen LogP contribution in [0.1, 0.15) is 24.8 Å². The molecule has 1 aromatic rings. The van der Waals surface area contributed by atoms with E-state index in [1.807, 2.05) is 0 Å². The molecule has 0 aromatic heterocycles. The summed E-state index contributed by atoms with van der Waals surface area (Å²) in [5, 5.41) is 25.6. The van der Waals surface area contributed by atoms with Crippen LogP contribution in [0.3, 0.4) is 0 Å². The number of carboxylic acid groups (broad SMARTS) is 1. The van der Waals surface area contributed by atoms with E-state index < -0.39 is 60.7 Å².